The molecule has 2 N–H and O–H groups in total. The summed E-state index contributed by atoms with van der Waals surface area (Å²) in [6.45, 7) is 3.25. The molecular formula is C21H24N2O2. The smallest absolute Gasteiger partial charge is 0.220 e. The molecule has 0 atom stereocenters. The SMILES string of the molecule is Cc1ccc(OCCCC(=O)NCCc2c[nH]c3ccccc23)cc1. The zero-order chi connectivity index (χ0) is 17.5. The minimum Gasteiger partial charge on any atom is -0.494 e. The number of rotatable bonds is 8. The molecule has 1 heterocycles. The van der Waals surface area contributed by atoms with E-state index in [0.29, 0.717) is 26.0 Å². The van der Waals surface area contributed by atoms with E-state index in [1.807, 2.05) is 49.5 Å². The number of carbonyl (C=O) groups excluding carboxylic acids is 1. The van der Waals surface area contributed by atoms with Crippen molar-refractivity contribution in [3.63, 3.8) is 0 Å². The van der Waals surface area contributed by atoms with Crippen LogP contribution in [0.4, 0.5) is 0 Å². The number of nitrogens with one attached hydrogen (secondary N) is 2. The van der Waals surface area contributed by atoms with Crippen LogP contribution in [0.25, 0.3) is 10.9 Å². The first kappa shape index (κ1) is 17.1. The normalized spacial score (nSPS) is 10.8. The first-order valence-corrected chi connectivity index (χ1v) is 8.73. The Morgan fingerprint density at radius 3 is 2.76 bits per heavy atom. The number of hydrogen-bond donors (Lipinski definition) is 2. The predicted octanol–water partition coefficient (Wildman–Crippen LogP) is 3.99. The highest BCUT2D eigenvalue weighted by molar-refractivity contribution is 5.83. The molecule has 0 saturated carbocycles. The molecule has 4 nitrogen and oxygen atoms in total. The van der Waals surface area contributed by atoms with Gasteiger partial charge in [0.15, 0.2) is 0 Å². The van der Waals surface area contributed by atoms with Gasteiger partial charge in [-0.25, -0.2) is 0 Å². The monoisotopic (exact) mass is 336 g/mol. The molecule has 0 saturated heterocycles. The third kappa shape index (κ3) is 4.86. The molecule has 1 amide bonds. The Morgan fingerprint density at radius 1 is 1.12 bits per heavy atom. The van der Waals surface area contributed by atoms with Crippen molar-refractivity contribution in [2.24, 2.45) is 0 Å². The topological polar surface area (TPSA) is 54.1 Å². The lowest BCUT2D eigenvalue weighted by molar-refractivity contribution is -0.121. The number of fused-ring (bicyclic) bond motifs is 1. The summed E-state index contributed by atoms with van der Waals surface area (Å²) in [6, 6.07) is 16.2. The van der Waals surface area contributed by atoms with Crippen molar-refractivity contribution in [2.75, 3.05) is 13.2 Å². The molecule has 4 heteroatoms. The second kappa shape index (κ2) is 8.38. The standard InChI is InChI=1S/C21H24N2O2/c1-16-8-10-18(11-9-16)25-14-4-7-21(24)22-13-12-17-15-23-20-6-3-2-5-19(17)20/h2-3,5-6,8-11,15,23H,4,7,12-14H2,1H3,(H,22,24). The molecule has 0 aliphatic carbocycles. The Bertz CT molecular complexity index is 821. The first-order valence-electron chi connectivity index (χ1n) is 8.73. The number of benzene rings is 2. The Morgan fingerprint density at radius 2 is 1.92 bits per heavy atom. The van der Waals surface area contributed by atoms with Gasteiger partial charge in [-0.3, -0.25) is 4.79 Å². The molecule has 0 spiro atoms. The van der Waals surface area contributed by atoms with E-state index in [-0.39, 0.29) is 5.91 Å². The third-order valence-electron chi connectivity index (χ3n) is 4.23. The molecular weight excluding hydrogens is 312 g/mol. The zero-order valence-electron chi connectivity index (χ0n) is 14.5. The second-order valence-electron chi connectivity index (χ2n) is 6.22. The van der Waals surface area contributed by atoms with Crippen molar-refractivity contribution in [1.82, 2.24) is 10.3 Å². The molecule has 0 bridgehead atoms. The quantitative estimate of drug-likeness (QED) is 0.611. The van der Waals surface area contributed by atoms with Gasteiger partial charge in [0.1, 0.15) is 5.75 Å². The summed E-state index contributed by atoms with van der Waals surface area (Å²) in [5.41, 5.74) is 3.58. The fraction of sp³-hybridized carbons (Fsp3) is 0.286. The molecule has 0 fully saturated rings. The maximum atomic E-state index is 11.9. The van der Waals surface area contributed by atoms with E-state index in [4.69, 9.17) is 4.74 Å². The highest BCUT2D eigenvalue weighted by Crippen LogP contribution is 2.17. The first-order chi connectivity index (χ1) is 12.2. The predicted molar refractivity (Wildman–Crippen MR) is 101 cm³/mol. The van der Waals surface area contributed by atoms with Crippen LogP contribution in [0.2, 0.25) is 0 Å². The number of amides is 1. The molecule has 3 aromatic rings. The molecule has 2 aromatic carbocycles. The highest BCUT2D eigenvalue weighted by Gasteiger charge is 2.05. The molecule has 0 unspecified atom stereocenters. The summed E-state index contributed by atoms with van der Waals surface area (Å²) in [5.74, 6) is 0.928. The Kier molecular flexibility index (Phi) is 5.73. The van der Waals surface area contributed by atoms with Crippen LogP contribution in [0.15, 0.2) is 54.7 Å². The lowest BCUT2D eigenvalue weighted by Gasteiger charge is -2.07. The van der Waals surface area contributed by atoms with Gasteiger partial charge in [0.05, 0.1) is 6.61 Å². The average molecular weight is 336 g/mol. The third-order valence-corrected chi connectivity index (χ3v) is 4.23. The van der Waals surface area contributed by atoms with Gasteiger partial charge < -0.3 is 15.0 Å². The fourth-order valence-corrected chi connectivity index (χ4v) is 2.82. The number of aromatic nitrogens is 1. The molecule has 130 valence electrons. The Hall–Kier alpha value is -2.75. The lowest BCUT2D eigenvalue weighted by atomic mass is 10.1. The van der Waals surface area contributed by atoms with E-state index in [0.717, 1.165) is 17.7 Å². The van der Waals surface area contributed by atoms with Gasteiger partial charge in [-0.1, -0.05) is 35.9 Å². The van der Waals surface area contributed by atoms with Crippen LogP contribution in [0.1, 0.15) is 24.0 Å². The number of H-pyrrole nitrogens is 1. The van der Waals surface area contributed by atoms with Crippen molar-refractivity contribution >= 4 is 16.8 Å². The summed E-state index contributed by atoms with van der Waals surface area (Å²) < 4.78 is 5.64. The largest absolute Gasteiger partial charge is 0.494 e. The van der Waals surface area contributed by atoms with Crippen LogP contribution >= 0.6 is 0 Å². The Balaban J connectivity index is 1.33. The van der Waals surface area contributed by atoms with E-state index in [1.165, 1.54) is 16.5 Å². The summed E-state index contributed by atoms with van der Waals surface area (Å²) in [7, 11) is 0. The maximum absolute atomic E-state index is 11.9. The summed E-state index contributed by atoms with van der Waals surface area (Å²) in [6.07, 6.45) is 4.05. The van der Waals surface area contributed by atoms with Crippen LogP contribution in [0.5, 0.6) is 5.75 Å². The molecule has 0 radical (unpaired) electrons. The van der Waals surface area contributed by atoms with E-state index < -0.39 is 0 Å². The number of carbonyl (C=O) groups is 1. The number of aromatic amines is 1. The van der Waals surface area contributed by atoms with Gasteiger partial charge in [0.2, 0.25) is 5.91 Å². The van der Waals surface area contributed by atoms with E-state index in [1.54, 1.807) is 0 Å². The van der Waals surface area contributed by atoms with Gasteiger partial charge in [-0.05, 0) is 43.5 Å². The van der Waals surface area contributed by atoms with Crippen molar-refractivity contribution in [1.29, 1.82) is 0 Å². The fourth-order valence-electron chi connectivity index (χ4n) is 2.82. The van der Waals surface area contributed by atoms with Gasteiger partial charge in [-0.2, -0.15) is 0 Å². The molecule has 3 rings (SSSR count). The van der Waals surface area contributed by atoms with Gasteiger partial charge >= 0.3 is 0 Å². The number of ether oxygens (including phenoxy) is 1. The maximum Gasteiger partial charge on any atom is 0.220 e. The molecule has 0 aliphatic rings. The number of hydrogen-bond acceptors (Lipinski definition) is 2. The highest BCUT2D eigenvalue weighted by atomic mass is 16.5. The summed E-state index contributed by atoms with van der Waals surface area (Å²) in [4.78, 5) is 15.2. The van der Waals surface area contributed by atoms with Gasteiger partial charge in [-0.15, -0.1) is 0 Å². The van der Waals surface area contributed by atoms with Gasteiger partial charge in [0.25, 0.3) is 0 Å². The zero-order valence-corrected chi connectivity index (χ0v) is 14.5. The van der Waals surface area contributed by atoms with Crippen LogP contribution in [-0.4, -0.2) is 24.0 Å². The second-order valence-corrected chi connectivity index (χ2v) is 6.22. The molecule has 1 aromatic heterocycles. The number of para-hydroxylation sites is 1. The Labute approximate surface area is 148 Å². The minimum absolute atomic E-state index is 0.0762. The summed E-state index contributed by atoms with van der Waals surface area (Å²) in [5, 5.41) is 4.21. The van der Waals surface area contributed by atoms with Gasteiger partial charge in [0, 0.05) is 30.1 Å². The molecule has 25 heavy (non-hydrogen) atoms. The van der Waals surface area contributed by atoms with E-state index in [9.17, 15) is 4.79 Å². The van der Waals surface area contributed by atoms with Crippen molar-refractivity contribution in [3.8, 4) is 5.75 Å². The number of aryl methyl sites for hydroxylation is 1. The minimum atomic E-state index is 0.0762. The average Bonchev–Trinajstić information content (AvgIpc) is 3.04. The summed E-state index contributed by atoms with van der Waals surface area (Å²) >= 11 is 0. The van der Waals surface area contributed by atoms with Crippen molar-refractivity contribution in [2.45, 2.75) is 26.2 Å². The lowest BCUT2D eigenvalue weighted by Crippen LogP contribution is -2.25. The van der Waals surface area contributed by atoms with Crippen LogP contribution in [0.3, 0.4) is 0 Å². The van der Waals surface area contributed by atoms with Crippen LogP contribution < -0.4 is 10.1 Å². The molecule has 0 aliphatic heterocycles. The van der Waals surface area contributed by atoms with Crippen LogP contribution in [-0.2, 0) is 11.2 Å². The van der Waals surface area contributed by atoms with Crippen LogP contribution in [0, 0.1) is 6.92 Å². The van der Waals surface area contributed by atoms with E-state index in [2.05, 4.69) is 22.4 Å². The van der Waals surface area contributed by atoms with E-state index >= 15 is 0 Å². The van der Waals surface area contributed by atoms with Crippen molar-refractivity contribution < 1.29 is 9.53 Å². The van der Waals surface area contributed by atoms with Crippen molar-refractivity contribution in [3.05, 3.63) is 65.9 Å².